The number of hydrogen-bond donors (Lipinski definition) is 1. The SMILES string of the molecule is CC(C)(C)OC(=O)C1(C(=O)OC(C)(C)C)CC(CCO)C1. The molecule has 0 amide bonds. The lowest BCUT2D eigenvalue weighted by Gasteiger charge is -2.45. The van der Waals surface area contributed by atoms with E-state index >= 15 is 0 Å². The van der Waals surface area contributed by atoms with Crippen LogP contribution in [0.15, 0.2) is 0 Å². The monoisotopic (exact) mass is 300 g/mol. The number of aliphatic hydroxyl groups is 1. The van der Waals surface area contributed by atoms with Crippen molar-refractivity contribution in [3.05, 3.63) is 0 Å². The normalized spacial score (nSPS) is 18.8. The molecule has 1 rings (SSSR count). The Morgan fingerprint density at radius 1 is 1.00 bits per heavy atom. The maximum absolute atomic E-state index is 12.5. The third-order valence-corrected chi connectivity index (χ3v) is 3.39. The van der Waals surface area contributed by atoms with Crippen LogP contribution in [0.25, 0.3) is 0 Å². The molecule has 1 aliphatic rings. The van der Waals surface area contributed by atoms with Crippen molar-refractivity contribution in [3.8, 4) is 0 Å². The Hall–Kier alpha value is -1.10. The molecule has 1 saturated carbocycles. The Morgan fingerprint density at radius 3 is 1.67 bits per heavy atom. The van der Waals surface area contributed by atoms with Gasteiger partial charge in [-0.1, -0.05) is 0 Å². The fourth-order valence-electron chi connectivity index (χ4n) is 2.48. The van der Waals surface area contributed by atoms with Crippen LogP contribution in [0.1, 0.15) is 60.8 Å². The van der Waals surface area contributed by atoms with Gasteiger partial charge in [0, 0.05) is 6.61 Å². The van der Waals surface area contributed by atoms with E-state index in [0.717, 1.165) is 0 Å². The van der Waals surface area contributed by atoms with Crippen LogP contribution in [0, 0.1) is 11.3 Å². The van der Waals surface area contributed by atoms with E-state index in [4.69, 9.17) is 14.6 Å². The van der Waals surface area contributed by atoms with Crippen LogP contribution in [0.2, 0.25) is 0 Å². The Morgan fingerprint density at radius 2 is 1.38 bits per heavy atom. The summed E-state index contributed by atoms with van der Waals surface area (Å²) in [6.07, 6.45) is 1.36. The minimum Gasteiger partial charge on any atom is -0.459 e. The van der Waals surface area contributed by atoms with Gasteiger partial charge in [-0.15, -0.1) is 0 Å². The van der Waals surface area contributed by atoms with Gasteiger partial charge in [0.25, 0.3) is 0 Å². The molecular formula is C16H28O5. The third-order valence-electron chi connectivity index (χ3n) is 3.39. The summed E-state index contributed by atoms with van der Waals surface area (Å²) in [6.45, 7) is 10.7. The highest BCUT2D eigenvalue weighted by atomic mass is 16.6. The summed E-state index contributed by atoms with van der Waals surface area (Å²) in [7, 11) is 0. The molecule has 21 heavy (non-hydrogen) atoms. The van der Waals surface area contributed by atoms with Gasteiger partial charge in [0.05, 0.1) is 0 Å². The molecule has 0 heterocycles. The Bertz CT molecular complexity index is 364. The molecule has 0 spiro atoms. The third kappa shape index (κ3) is 4.70. The molecule has 0 unspecified atom stereocenters. The molecule has 0 saturated heterocycles. The first kappa shape index (κ1) is 18.0. The molecule has 5 heteroatoms. The Labute approximate surface area is 127 Å². The molecule has 0 aliphatic heterocycles. The summed E-state index contributed by atoms with van der Waals surface area (Å²) >= 11 is 0. The molecule has 0 radical (unpaired) electrons. The summed E-state index contributed by atoms with van der Waals surface area (Å²) in [6, 6.07) is 0. The predicted octanol–water partition coefficient (Wildman–Crippen LogP) is 2.45. The average molecular weight is 300 g/mol. The Balaban J connectivity index is 2.88. The molecule has 0 bridgehead atoms. The van der Waals surface area contributed by atoms with Gasteiger partial charge in [0.1, 0.15) is 11.2 Å². The highest BCUT2D eigenvalue weighted by Gasteiger charge is 2.59. The number of aliphatic hydroxyl groups excluding tert-OH is 1. The van der Waals surface area contributed by atoms with Gasteiger partial charge in [0.2, 0.25) is 0 Å². The summed E-state index contributed by atoms with van der Waals surface area (Å²) < 4.78 is 10.8. The first-order chi connectivity index (χ1) is 9.39. The number of rotatable bonds is 4. The second-order valence-corrected chi connectivity index (χ2v) is 7.87. The van der Waals surface area contributed by atoms with E-state index in [0.29, 0.717) is 19.3 Å². The molecule has 0 aromatic carbocycles. The van der Waals surface area contributed by atoms with E-state index in [9.17, 15) is 9.59 Å². The lowest BCUT2D eigenvalue weighted by Crippen LogP contribution is -2.54. The largest absolute Gasteiger partial charge is 0.459 e. The Kier molecular flexibility index (Phi) is 5.09. The number of carbonyl (C=O) groups excluding carboxylic acids is 2. The minimum absolute atomic E-state index is 0.0589. The number of esters is 2. The van der Waals surface area contributed by atoms with Crippen molar-refractivity contribution >= 4 is 11.9 Å². The molecule has 1 N–H and O–H groups in total. The quantitative estimate of drug-likeness (QED) is 0.637. The number of hydrogen-bond acceptors (Lipinski definition) is 5. The summed E-state index contributed by atoms with van der Waals surface area (Å²) in [5.41, 5.74) is -2.50. The van der Waals surface area contributed by atoms with Crippen LogP contribution in [0.4, 0.5) is 0 Å². The van der Waals surface area contributed by atoms with Crippen LogP contribution >= 0.6 is 0 Å². The van der Waals surface area contributed by atoms with E-state index in [2.05, 4.69) is 0 Å². The fraction of sp³-hybridized carbons (Fsp3) is 0.875. The van der Waals surface area contributed by atoms with Gasteiger partial charge in [0.15, 0.2) is 5.41 Å². The molecule has 122 valence electrons. The average Bonchev–Trinajstić information content (AvgIpc) is 2.16. The number of ether oxygens (including phenoxy) is 2. The van der Waals surface area contributed by atoms with E-state index in [1.807, 2.05) is 0 Å². The predicted molar refractivity (Wildman–Crippen MR) is 78.5 cm³/mol. The van der Waals surface area contributed by atoms with Crippen molar-refractivity contribution in [3.63, 3.8) is 0 Å². The zero-order valence-corrected chi connectivity index (χ0v) is 14.0. The van der Waals surface area contributed by atoms with Gasteiger partial charge in [-0.05, 0) is 66.7 Å². The standard InChI is InChI=1S/C16H28O5/c1-14(2,3)20-12(18)16(9-11(10-16)7-8-17)13(19)21-15(4,5)6/h11,17H,7-10H2,1-6H3. The molecule has 1 aliphatic carbocycles. The minimum atomic E-state index is -1.21. The van der Waals surface area contributed by atoms with Gasteiger partial charge < -0.3 is 14.6 Å². The highest BCUT2D eigenvalue weighted by Crippen LogP contribution is 2.50. The molecule has 1 fully saturated rings. The molecule has 5 nitrogen and oxygen atoms in total. The lowest BCUT2D eigenvalue weighted by atomic mass is 9.60. The van der Waals surface area contributed by atoms with Crippen LogP contribution < -0.4 is 0 Å². The van der Waals surface area contributed by atoms with Crippen molar-refractivity contribution in [2.75, 3.05) is 6.61 Å². The van der Waals surface area contributed by atoms with Crippen LogP contribution in [0.3, 0.4) is 0 Å². The second-order valence-electron chi connectivity index (χ2n) is 7.87. The van der Waals surface area contributed by atoms with Gasteiger partial charge >= 0.3 is 11.9 Å². The fourth-order valence-corrected chi connectivity index (χ4v) is 2.48. The summed E-state index contributed by atoms with van der Waals surface area (Å²) in [5.74, 6) is -0.869. The van der Waals surface area contributed by atoms with E-state index in [1.54, 1.807) is 41.5 Å². The first-order valence-corrected chi connectivity index (χ1v) is 7.47. The smallest absolute Gasteiger partial charge is 0.324 e. The van der Waals surface area contributed by atoms with E-state index < -0.39 is 28.6 Å². The summed E-state index contributed by atoms with van der Waals surface area (Å²) in [4.78, 5) is 24.9. The topological polar surface area (TPSA) is 72.8 Å². The van der Waals surface area contributed by atoms with E-state index in [-0.39, 0.29) is 12.5 Å². The maximum atomic E-state index is 12.5. The molecule has 0 aromatic heterocycles. The van der Waals surface area contributed by atoms with Crippen molar-refractivity contribution in [1.29, 1.82) is 0 Å². The van der Waals surface area contributed by atoms with Crippen LogP contribution in [-0.4, -0.2) is 34.9 Å². The lowest BCUT2D eigenvalue weighted by molar-refractivity contribution is -0.197. The van der Waals surface area contributed by atoms with Crippen molar-refractivity contribution < 1.29 is 24.2 Å². The molecule has 0 aromatic rings. The molecule has 0 atom stereocenters. The van der Waals surface area contributed by atoms with Crippen molar-refractivity contribution in [1.82, 2.24) is 0 Å². The second kappa shape index (κ2) is 5.95. The van der Waals surface area contributed by atoms with Gasteiger partial charge in [-0.2, -0.15) is 0 Å². The van der Waals surface area contributed by atoms with Crippen molar-refractivity contribution in [2.45, 2.75) is 72.0 Å². The zero-order chi connectivity index (χ0) is 16.5. The van der Waals surface area contributed by atoms with Crippen molar-refractivity contribution in [2.24, 2.45) is 11.3 Å². The molecular weight excluding hydrogens is 272 g/mol. The maximum Gasteiger partial charge on any atom is 0.324 e. The first-order valence-electron chi connectivity index (χ1n) is 7.47. The summed E-state index contributed by atoms with van der Waals surface area (Å²) in [5, 5.41) is 8.99. The number of carbonyl (C=O) groups is 2. The van der Waals surface area contributed by atoms with Crippen LogP contribution in [-0.2, 0) is 19.1 Å². The highest BCUT2D eigenvalue weighted by molar-refractivity contribution is 6.01. The zero-order valence-electron chi connectivity index (χ0n) is 14.0. The van der Waals surface area contributed by atoms with Crippen LogP contribution in [0.5, 0.6) is 0 Å². The van der Waals surface area contributed by atoms with Gasteiger partial charge in [-0.25, -0.2) is 0 Å². The van der Waals surface area contributed by atoms with E-state index in [1.165, 1.54) is 0 Å². The van der Waals surface area contributed by atoms with Gasteiger partial charge in [-0.3, -0.25) is 9.59 Å².